The Kier molecular flexibility index (Phi) is 12.5. The van der Waals surface area contributed by atoms with Crippen molar-refractivity contribution in [2.24, 2.45) is 0 Å². The molecule has 3 heterocycles. The highest BCUT2D eigenvalue weighted by molar-refractivity contribution is 8.24. The summed E-state index contributed by atoms with van der Waals surface area (Å²) in [6, 6.07) is 5.14. The summed E-state index contributed by atoms with van der Waals surface area (Å²) < 4.78 is 70.9. The fourth-order valence-electron chi connectivity index (χ4n) is 6.94. The number of aromatic carboxylic acids is 1. The molecule has 1 amide bonds. The van der Waals surface area contributed by atoms with Gasteiger partial charge in [0.2, 0.25) is 5.71 Å². The van der Waals surface area contributed by atoms with Gasteiger partial charge in [0.1, 0.15) is 30.0 Å². The number of carboxylic acid groups (broad SMARTS) is 1. The first kappa shape index (κ1) is 38.5. The summed E-state index contributed by atoms with van der Waals surface area (Å²) in [4.78, 5) is 28.1. The third-order valence-electron chi connectivity index (χ3n) is 10.1. The number of allylic oxidation sites excluding steroid dienone is 5. The Morgan fingerprint density at radius 1 is 0.942 bits per heavy atom. The summed E-state index contributed by atoms with van der Waals surface area (Å²) in [6.45, 7) is 0.998. The first-order valence-corrected chi connectivity index (χ1v) is 21.8. The molecule has 2 saturated heterocycles. The van der Waals surface area contributed by atoms with Gasteiger partial charge in [0.15, 0.2) is 18.5 Å². The molecule has 2 N–H and O–H groups in total. The number of fused-ring (bicyclic) bond motifs is 2. The van der Waals surface area contributed by atoms with Gasteiger partial charge in [-0.2, -0.15) is 0 Å². The summed E-state index contributed by atoms with van der Waals surface area (Å²) in [5, 5.41) is 13.4. The molecule has 0 saturated carbocycles. The summed E-state index contributed by atoms with van der Waals surface area (Å²) in [5.41, 5.74) is -1.24. The normalized spacial score (nSPS) is 19.2. The molecule has 4 aliphatic rings. The highest BCUT2D eigenvalue weighted by Gasteiger charge is 2.43. The van der Waals surface area contributed by atoms with Crippen LogP contribution in [-0.4, -0.2) is 79.1 Å². The van der Waals surface area contributed by atoms with Crippen LogP contribution in [0.2, 0.25) is 0 Å². The number of benzene rings is 2. The first-order valence-electron chi connectivity index (χ1n) is 18.0. The van der Waals surface area contributed by atoms with Crippen LogP contribution in [0.1, 0.15) is 89.6 Å². The van der Waals surface area contributed by atoms with E-state index < -0.39 is 52.8 Å². The molecule has 278 valence electrons. The molecule has 2 atom stereocenters. The summed E-state index contributed by atoms with van der Waals surface area (Å²) in [5.74, 6) is -7.68. The van der Waals surface area contributed by atoms with Crippen molar-refractivity contribution in [2.75, 3.05) is 56.7 Å². The number of nitrogens with one attached hydrogen (secondary N) is 1. The molecule has 0 radical (unpaired) electrons. The Morgan fingerprint density at radius 3 is 2.27 bits per heavy atom. The van der Waals surface area contributed by atoms with Crippen LogP contribution in [0.5, 0.6) is 0 Å². The van der Waals surface area contributed by atoms with Crippen molar-refractivity contribution in [3.63, 3.8) is 0 Å². The maximum atomic E-state index is 16.9. The minimum absolute atomic E-state index is 0.0603. The summed E-state index contributed by atoms with van der Waals surface area (Å²) in [7, 11) is 2.47. The number of hydrogen-bond donors (Lipinski definition) is 2. The second kappa shape index (κ2) is 16.8. The second-order valence-corrected chi connectivity index (χ2v) is 18.4. The molecular formula is C38H44ClF3N3O5P2+. The largest absolute Gasteiger partial charge is 0.478 e. The van der Waals surface area contributed by atoms with Gasteiger partial charge in [-0.15, -0.1) is 11.6 Å². The predicted octanol–water partition coefficient (Wildman–Crippen LogP) is 7.63. The molecule has 52 heavy (non-hydrogen) atoms. The van der Waals surface area contributed by atoms with E-state index in [4.69, 9.17) is 16.3 Å². The number of anilines is 1. The van der Waals surface area contributed by atoms with Crippen LogP contribution in [0.3, 0.4) is 0 Å². The number of carbonyl (C=O) groups is 2. The van der Waals surface area contributed by atoms with Crippen molar-refractivity contribution in [3.05, 3.63) is 87.0 Å². The number of carbonyl (C=O) groups excluding carboxylic acids is 1. The molecule has 0 aromatic heterocycles. The Labute approximate surface area is 309 Å². The average Bonchev–Trinajstić information content (AvgIpc) is 3.06. The molecule has 0 spiro atoms. The van der Waals surface area contributed by atoms with Crippen LogP contribution in [0, 0.1) is 17.5 Å². The molecule has 1 aliphatic carbocycles. The molecule has 3 aliphatic heterocycles. The van der Waals surface area contributed by atoms with Crippen molar-refractivity contribution in [1.29, 1.82) is 0 Å². The van der Waals surface area contributed by atoms with E-state index in [1.54, 1.807) is 36.4 Å². The lowest BCUT2D eigenvalue weighted by Gasteiger charge is -2.36. The van der Waals surface area contributed by atoms with Gasteiger partial charge >= 0.3 is 5.97 Å². The number of hydrogen-bond acceptors (Lipinski definition) is 5. The highest BCUT2D eigenvalue weighted by Crippen LogP contribution is 2.68. The van der Waals surface area contributed by atoms with Gasteiger partial charge in [-0.05, 0) is 67.9 Å². The maximum absolute atomic E-state index is 16.9. The Bertz CT molecular complexity index is 1940. The number of nitrogens with zero attached hydrogens (tertiary/aromatic N) is 2. The van der Waals surface area contributed by atoms with Gasteiger partial charge < -0.3 is 24.6 Å². The Morgan fingerprint density at radius 2 is 1.63 bits per heavy atom. The zero-order valence-corrected chi connectivity index (χ0v) is 31.8. The van der Waals surface area contributed by atoms with E-state index in [9.17, 15) is 19.3 Å². The molecule has 2 unspecified atom stereocenters. The number of unbranched alkanes of at least 4 members (excludes halogenated alkanes) is 5. The van der Waals surface area contributed by atoms with Crippen molar-refractivity contribution in [3.8, 4) is 0 Å². The summed E-state index contributed by atoms with van der Waals surface area (Å²) in [6.07, 6.45) is 13.1. The third-order valence-corrected chi connectivity index (χ3v) is 14.2. The van der Waals surface area contributed by atoms with E-state index in [0.717, 1.165) is 82.5 Å². The molecule has 2 fully saturated rings. The number of halogens is 4. The van der Waals surface area contributed by atoms with E-state index in [0.29, 0.717) is 42.6 Å². The van der Waals surface area contributed by atoms with Crippen molar-refractivity contribution < 1.29 is 41.7 Å². The van der Waals surface area contributed by atoms with Gasteiger partial charge in [0, 0.05) is 78.3 Å². The fourth-order valence-corrected chi connectivity index (χ4v) is 10.4. The number of alkyl halides is 1. The van der Waals surface area contributed by atoms with Crippen molar-refractivity contribution in [2.45, 2.75) is 57.8 Å². The second-order valence-electron chi connectivity index (χ2n) is 13.5. The van der Waals surface area contributed by atoms with E-state index in [2.05, 4.69) is 23.7 Å². The Balaban J connectivity index is 1.33. The van der Waals surface area contributed by atoms with Crippen LogP contribution in [-0.2, 0) is 9.30 Å². The quantitative estimate of drug-likeness (QED) is 0.0599. The minimum atomic E-state index is -3.46. The molecule has 0 bridgehead atoms. The van der Waals surface area contributed by atoms with Crippen molar-refractivity contribution in [1.82, 2.24) is 5.32 Å². The number of ether oxygens (including phenoxy) is 1. The molecule has 2 aromatic carbocycles. The zero-order valence-electron chi connectivity index (χ0n) is 29.0. The van der Waals surface area contributed by atoms with Gasteiger partial charge in [0.05, 0.1) is 6.42 Å². The molecule has 8 nitrogen and oxygen atoms in total. The average molecular weight is 777 g/mol. The smallest absolute Gasteiger partial charge is 0.339 e. The highest BCUT2D eigenvalue weighted by atomic mass is 35.5. The summed E-state index contributed by atoms with van der Waals surface area (Å²) >= 11 is 5.69. The first-order chi connectivity index (χ1) is 25.1. The van der Waals surface area contributed by atoms with E-state index >= 15 is 13.2 Å². The topological polar surface area (TPSA) is 99.0 Å². The molecule has 6 rings (SSSR count). The van der Waals surface area contributed by atoms with E-state index in [-0.39, 0.29) is 23.3 Å². The SMILES string of the molecule is O=C(NCCCCCOCCCCCCCl)c1c(F)c(F)c(C(=O)O)c(C2=C3C=CC(=[N+]4CCC4)C=C3P(=O)(P)c3cc(N4CCC4)ccc32)c1F. The van der Waals surface area contributed by atoms with Crippen LogP contribution in [0.15, 0.2) is 47.3 Å². The lowest BCUT2D eigenvalue weighted by atomic mass is 9.85. The monoisotopic (exact) mass is 776 g/mol. The molecular weight excluding hydrogens is 733 g/mol. The van der Waals surface area contributed by atoms with Crippen molar-refractivity contribution >= 4 is 61.5 Å². The zero-order chi connectivity index (χ0) is 37.0. The van der Waals surface area contributed by atoms with E-state index in [1.165, 1.54) is 0 Å². The number of rotatable bonds is 16. The van der Waals surface area contributed by atoms with Crippen LogP contribution in [0.25, 0.3) is 5.57 Å². The van der Waals surface area contributed by atoms with Crippen LogP contribution < -0.4 is 15.5 Å². The van der Waals surface area contributed by atoms with Gasteiger partial charge in [-0.25, -0.2) is 22.5 Å². The molecule has 14 heteroatoms. The minimum Gasteiger partial charge on any atom is -0.478 e. The predicted molar refractivity (Wildman–Crippen MR) is 203 cm³/mol. The molecule has 2 aromatic rings. The van der Waals surface area contributed by atoms with Crippen LogP contribution >= 0.6 is 27.4 Å². The number of carboxylic acids is 1. The third kappa shape index (κ3) is 7.70. The van der Waals surface area contributed by atoms with Gasteiger partial charge in [-0.1, -0.05) is 27.8 Å². The van der Waals surface area contributed by atoms with E-state index in [1.807, 2.05) is 0 Å². The lowest BCUT2D eigenvalue weighted by Crippen LogP contribution is -2.37. The Hall–Kier alpha value is -3.23. The van der Waals surface area contributed by atoms with Gasteiger partial charge in [0.25, 0.3) is 5.91 Å². The maximum Gasteiger partial charge on any atom is 0.339 e. The van der Waals surface area contributed by atoms with Crippen LogP contribution in [0.4, 0.5) is 18.9 Å². The standard InChI is InChI=1S/C38H43ClF3N3O5P2/c39-14-4-1-2-6-20-50-21-7-3-5-15-43-37(46)33-34(40)31(32(38(47)48)35(41)36(33)42)30-26-12-10-24(44-16-8-17-44)22-28(26)52(49,51)29-23-25(11-13-27(29)30)45-18-9-19-45/h10-13,22-23H,1-9,14-21,51H2,(H-,43,46,47,48)/p+1. The number of amides is 1. The lowest BCUT2D eigenvalue weighted by molar-refractivity contribution is -0.582. The fraction of sp³-hybridized carbons (Fsp3) is 0.447. The van der Waals surface area contributed by atoms with Gasteiger partial charge in [-0.3, -0.25) is 4.79 Å².